The number of nitrogens with one attached hydrogen (secondary N) is 2. The van der Waals surface area contributed by atoms with Gasteiger partial charge in [-0.1, -0.05) is 40.2 Å². The summed E-state index contributed by atoms with van der Waals surface area (Å²) < 4.78 is 29.6. The maximum Gasteiger partial charge on any atom is 0.387 e. The van der Waals surface area contributed by atoms with E-state index in [-0.39, 0.29) is 36.3 Å². The highest BCUT2D eigenvalue weighted by Crippen LogP contribution is 2.19. The number of benzene rings is 2. The second-order valence-corrected chi connectivity index (χ2v) is 6.58. The fourth-order valence-corrected chi connectivity index (χ4v) is 2.78. The molecule has 154 valence electrons. The first-order valence-electron chi connectivity index (χ1n) is 8.47. The van der Waals surface area contributed by atoms with Gasteiger partial charge in [-0.25, -0.2) is 4.99 Å². The van der Waals surface area contributed by atoms with Crippen LogP contribution in [0.2, 0.25) is 0 Å². The van der Waals surface area contributed by atoms with Crippen molar-refractivity contribution in [1.82, 2.24) is 10.6 Å². The third-order valence-corrected chi connectivity index (χ3v) is 4.10. The van der Waals surface area contributed by atoms with Gasteiger partial charge in [0, 0.05) is 17.6 Å². The number of guanidine groups is 1. The quantitative estimate of drug-likeness (QED) is 0.250. The zero-order chi connectivity index (χ0) is 19.6. The normalized spacial score (nSPS) is 12.3. The lowest BCUT2D eigenvalue weighted by Gasteiger charge is -2.16. The van der Waals surface area contributed by atoms with Gasteiger partial charge in [-0.15, -0.1) is 24.0 Å². The van der Waals surface area contributed by atoms with Crippen LogP contribution in [0.3, 0.4) is 0 Å². The summed E-state index contributed by atoms with van der Waals surface area (Å²) in [6, 6.07) is 13.8. The predicted octanol–water partition coefficient (Wildman–Crippen LogP) is 4.46. The van der Waals surface area contributed by atoms with Crippen LogP contribution in [0, 0.1) is 0 Å². The lowest BCUT2D eigenvalue weighted by Crippen LogP contribution is -2.39. The van der Waals surface area contributed by atoms with Crippen molar-refractivity contribution in [3.05, 3.63) is 64.1 Å². The van der Waals surface area contributed by atoms with E-state index in [0.717, 1.165) is 10.0 Å². The molecule has 0 aliphatic carbocycles. The van der Waals surface area contributed by atoms with Crippen LogP contribution in [0.5, 0.6) is 5.75 Å². The van der Waals surface area contributed by atoms with Gasteiger partial charge in [0.2, 0.25) is 0 Å². The van der Waals surface area contributed by atoms with Gasteiger partial charge in [-0.05, 0) is 42.3 Å². The summed E-state index contributed by atoms with van der Waals surface area (Å²) in [5.74, 6) is 0.631. The fourth-order valence-electron chi connectivity index (χ4n) is 2.33. The van der Waals surface area contributed by atoms with E-state index in [9.17, 15) is 13.9 Å². The van der Waals surface area contributed by atoms with Crippen molar-refractivity contribution in [2.24, 2.45) is 4.99 Å². The Kier molecular flexibility index (Phi) is 11.3. The van der Waals surface area contributed by atoms with E-state index in [1.807, 2.05) is 31.2 Å². The summed E-state index contributed by atoms with van der Waals surface area (Å²) in [5.41, 5.74) is 1.64. The molecule has 0 bridgehead atoms. The highest BCUT2D eigenvalue weighted by atomic mass is 127. The molecule has 0 amide bonds. The highest BCUT2D eigenvalue weighted by molar-refractivity contribution is 14.0. The Bertz CT molecular complexity index is 748. The van der Waals surface area contributed by atoms with Gasteiger partial charge in [0.15, 0.2) is 5.96 Å². The number of hydrogen-bond donors (Lipinski definition) is 3. The fraction of sp³-hybridized carbons (Fsp3) is 0.316. The number of alkyl halides is 2. The third kappa shape index (κ3) is 8.70. The number of rotatable bonds is 8. The van der Waals surface area contributed by atoms with Crippen LogP contribution in [-0.4, -0.2) is 30.8 Å². The van der Waals surface area contributed by atoms with Gasteiger partial charge in [0.1, 0.15) is 5.75 Å². The number of halogens is 4. The number of ether oxygens (including phenoxy) is 1. The molecule has 0 saturated heterocycles. The van der Waals surface area contributed by atoms with E-state index in [4.69, 9.17) is 0 Å². The smallest absolute Gasteiger partial charge is 0.387 e. The number of aliphatic imine (C=N–C) groups is 1. The molecule has 0 spiro atoms. The minimum absolute atomic E-state index is 0. The average Bonchev–Trinajstić information content (AvgIpc) is 2.64. The molecule has 28 heavy (non-hydrogen) atoms. The molecule has 3 N–H and O–H groups in total. The molecule has 0 aromatic heterocycles. The molecule has 0 heterocycles. The number of aliphatic hydroxyl groups is 1. The summed E-state index contributed by atoms with van der Waals surface area (Å²) >= 11 is 3.43. The molecule has 0 aliphatic rings. The van der Waals surface area contributed by atoms with Crippen molar-refractivity contribution in [1.29, 1.82) is 0 Å². The highest BCUT2D eigenvalue weighted by Gasteiger charge is 2.10. The molecule has 5 nitrogen and oxygen atoms in total. The number of nitrogens with zero attached hydrogens (tertiary/aromatic N) is 1. The SMILES string of the molecule is CCNC(=NCc1cccc(Br)c1)NCC(O)c1ccc(OC(F)F)cc1.I. The van der Waals surface area contributed by atoms with E-state index in [1.165, 1.54) is 12.1 Å². The first-order valence-corrected chi connectivity index (χ1v) is 9.26. The maximum absolute atomic E-state index is 12.2. The predicted molar refractivity (Wildman–Crippen MR) is 120 cm³/mol. The number of aliphatic hydroxyl groups excluding tert-OH is 1. The molecule has 2 rings (SSSR count). The lowest BCUT2D eigenvalue weighted by atomic mass is 10.1. The van der Waals surface area contributed by atoms with Crippen molar-refractivity contribution in [3.63, 3.8) is 0 Å². The Hall–Kier alpha value is -1.46. The van der Waals surface area contributed by atoms with Crippen LogP contribution >= 0.6 is 39.9 Å². The van der Waals surface area contributed by atoms with Gasteiger partial charge in [-0.2, -0.15) is 8.78 Å². The summed E-state index contributed by atoms with van der Waals surface area (Å²) in [6.07, 6.45) is -0.819. The van der Waals surface area contributed by atoms with E-state index in [2.05, 4.69) is 36.3 Å². The van der Waals surface area contributed by atoms with Crippen LogP contribution < -0.4 is 15.4 Å². The zero-order valence-electron chi connectivity index (χ0n) is 15.2. The average molecular weight is 570 g/mol. The Balaban J connectivity index is 0.00000392. The lowest BCUT2D eigenvalue weighted by molar-refractivity contribution is -0.0498. The van der Waals surface area contributed by atoms with E-state index >= 15 is 0 Å². The summed E-state index contributed by atoms with van der Waals surface area (Å²) in [5, 5.41) is 16.5. The van der Waals surface area contributed by atoms with Crippen LogP contribution in [-0.2, 0) is 6.54 Å². The standard InChI is InChI=1S/C19H22BrF2N3O2.HI/c1-2-23-19(24-11-13-4-3-5-15(20)10-13)25-12-17(26)14-6-8-16(9-7-14)27-18(21)22;/h3-10,17-18,26H,2,11-12H2,1H3,(H2,23,24,25);1H. The van der Waals surface area contributed by atoms with Gasteiger partial charge in [-0.3, -0.25) is 0 Å². The molecule has 9 heteroatoms. The van der Waals surface area contributed by atoms with Crippen molar-refractivity contribution in [2.75, 3.05) is 13.1 Å². The first kappa shape index (κ1) is 24.6. The van der Waals surface area contributed by atoms with Crippen molar-refractivity contribution in [2.45, 2.75) is 26.2 Å². The van der Waals surface area contributed by atoms with Crippen LogP contribution in [0.4, 0.5) is 8.78 Å². The zero-order valence-corrected chi connectivity index (χ0v) is 19.2. The molecule has 0 fully saturated rings. The number of hydrogen-bond acceptors (Lipinski definition) is 3. The van der Waals surface area contributed by atoms with Gasteiger partial charge < -0.3 is 20.5 Å². The second-order valence-electron chi connectivity index (χ2n) is 5.67. The van der Waals surface area contributed by atoms with E-state index < -0.39 is 12.7 Å². The third-order valence-electron chi connectivity index (χ3n) is 3.61. The van der Waals surface area contributed by atoms with E-state index in [0.29, 0.717) is 24.6 Å². The van der Waals surface area contributed by atoms with Crippen molar-refractivity contribution >= 4 is 45.9 Å². The molecular formula is C19H23BrF2IN3O2. The summed E-state index contributed by atoms with van der Waals surface area (Å²) in [6.45, 7) is 0.477. The monoisotopic (exact) mass is 569 g/mol. The Labute approximate surface area is 188 Å². The van der Waals surface area contributed by atoms with E-state index in [1.54, 1.807) is 12.1 Å². The first-order chi connectivity index (χ1) is 13.0. The molecule has 0 aliphatic heterocycles. The largest absolute Gasteiger partial charge is 0.435 e. The minimum atomic E-state index is -2.87. The Morgan fingerprint density at radius 2 is 1.89 bits per heavy atom. The van der Waals surface area contributed by atoms with Crippen LogP contribution in [0.25, 0.3) is 0 Å². The van der Waals surface area contributed by atoms with Crippen molar-refractivity contribution < 1.29 is 18.6 Å². The van der Waals surface area contributed by atoms with Crippen LogP contribution in [0.1, 0.15) is 24.2 Å². The summed E-state index contributed by atoms with van der Waals surface area (Å²) in [7, 11) is 0. The van der Waals surface area contributed by atoms with Crippen molar-refractivity contribution in [3.8, 4) is 5.75 Å². The molecule has 2 aromatic rings. The van der Waals surface area contributed by atoms with Crippen LogP contribution in [0.15, 0.2) is 58.0 Å². The maximum atomic E-state index is 12.2. The Morgan fingerprint density at radius 1 is 1.18 bits per heavy atom. The Morgan fingerprint density at radius 3 is 2.50 bits per heavy atom. The topological polar surface area (TPSA) is 65.9 Å². The minimum Gasteiger partial charge on any atom is -0.435 e. The second kappa shape index (κ2) is 12.9. The van der Waals surface area contributed by atoms with Gasteiger partial charge in [0.25, 0.3) is 0 Å². The summed E-state index contributed by atoms with van der Waals surface area (Å²) in [4.78, 5) is 4.50. The van der Waals surface area contributed by atoms with Gasteiger partial charge >= 0.3 is 6.61 Å². The molecule has 0 radical (unpaired) electrons. The molecular weight excluding hydrogens is 547 g/mol. The molecule has 1 unspecified atom stereocenters. The molecule has 2 aromatic carbocycles. The molecule has 1 atom stereocenters. The molecule has 0 saturated carbocycles. The van der Waals surface area contributed by atoms with Gasteiger partial charge in [0.05, 0.1) is 12.6 Å².